The van der Waals surface area contributed by atoms with Crippen molar-refractivity contribution in [3.63, 3.8) is 0 Å². The molecule has 5 heteroatoms. The molecule has 0 bridgehead atoms. The summed E-state index contributed by atoms with van der Waals surface area (Å²) >= 11 is 6.05. The lowest BCUT2D eigenvalue weighted by atomic mass is 9.74. The van der Waals surface area contributed by atoms with Crippen LogP contribution in [-0.4, -0.2) is 25.7 Å². The van der Waals surface area contributed by atoms with Crippen molar-refractivity contribution in [1.29, 1.82) is 0 Å². The van der Waals surface area contributed by atoms with Crippen LogP contribution in [0.5, 0.6) is 0 Å². The van der Waals surface area contributed by atoms with E-state index < -0.39 is 0 Å². The molecule has 2 atom stereocenters. The molecule has 1 fully saturated rings. The van der Waals surface area contributed by atoms with E-state index in [1.165, 1.54) is 5.56 Å². The first-order valence-electron chi connectivity index (χ1n) is 9.44. The third-order valence-corrected chi connectivity index (χ3v) is 5.90. The molecule has 144 valence electrons. The molecule has 2 unspecified atom stereocenters. The molecule has 0 aliphatic carbocycles. The monoisotopic (exact) mass is 386 g/mol. The molecular formula is C22H27ClN2O2. The molecule has 1 aliphatic rings. The summed E-state index contributed by atoms with van der Waals surface area (Å²) in [6, 6.07) is 17.3. The van der Waals surface area contributed by atoms with E-state index in [1.54, 1.807) is 0 Å². The van der Waals surface area contributed by atoms with Gasteiger partial charge in [0.05, 0.1) is 5.92 Å². The van der Waals surface area contributed by atoms with Crippen LogP contribution < -0.4 is 11.1 Å². The smallest absolute Gasteiger partial charge is 0.224 e. The van der Waals surface area contributed by atoms with Crippen molar-refractivity contribution in [1.82, 2.24) is 5.32 Å². The Bertz CT molecular complexity index is 743. The van der Waals surface area contributed by atoms with Crippen LogP contribution in [-0.2, 0) is 14.9 Å². The highest BCUT2D eigenvalue weighted by atomic mass is 35.5. The number of hydrogen-bond acceptors (Lipinski definition) is 3. The molecule has 0 radical (unpaired) electrons. The third kappa shape index (κ3) is 4.70. The second kappa shape index (κ2) is 8.87. The Labute approximate surface area is 166 Å². The van der Waals surface area contributed by atoms with Crippen LogP contribution in [0.1, 0.15) is 36.9 Å². The maximum Gasteiger partial charge on any atom is 0.224 e. The van der Waals surface area contributed by atoms with E-state index in [4.69, 9.17) is 22.1 Å². The topological polar surface area (TPSA) is 64.3 Å². The zero-order valence-corrected chi connectivity index (χ0v) is 16.4. The average Bonchev–Trinajstić information content (AvgIpc) is 2.72. The van der Waals surface area contributed by atoms with Gasteiger partial charge in [0.25, 0.3) is 0 Å². The summed E-state index contributed by atoms with van der Waals surface area (Å²) in [6.07, 6.45) is 1.74. The fourth-order valence-corrected chi connectivity index (χ4v) is 3.80. The Hall–Kier alpha value is -1.88. The van der Waals surface area contributed by atoms with Gasteiger partial charge in [-0.25, -0.2) is 0 Å². The number of ether oxygens (including phenoxy) is 1. The molecule has 0 aromatic heterocycles. The summed E-state index contributed by atoms with van der Waals surface area (Å²) in [7, 11) is 0. The number of benzene rings is 2. The summed E-state index contributed by atoms with van der Waals surface area (Å²) in [5.41, 5.74) is 8.34. The largest absolute Gasteiger partial charge is 0.381 e. The normalized spacial score (nSPS) is 18.5. The number of nitrogens with one attached hydrogen (secondary N) is 1. The van der Waals surface area contributed by atoms with Crippen molar-refractivity contribution in [2.24, 2.45) is 11.7 Å². The fraction of sp³-hybridized carbons (Fsp3) is 0.409. The van der Waals surface area contributed by atoms with Crippen molar-refractivity contribution in [2.45, 2.75) is 31.2 Å². The number of carbonyl (C=O) groups excluding carboxylic acids is 1. The van der Waals surface area contributed by atoms with Gasteiger partial charge in [0.1, 0.15) is 0 Å². The predicted molar refractivity (Wildman–Crippen MR) is 109 cm³/mol. The van der Waals surface area contributed by atoms with Crippen LogP contribution in [0.3, 0.4) is 0 Å². The van der Waals surface area contributed by atoms with Gasteiger partial charge in [-0.05, 0) is 36.1 Å². The molecule has 2 aromatic carbocycles. The van der Waals surface area contributed by atoms with E-state index in [2.05, 4.69) is 17.4 Å². The van der Waals surface area contributed by atoms with Crippen molar-refractivity contribution >= 4 is 17.5 Å². The second-order valence-electron chi connectivity index (χ2n) is 7.34. The van der Waals surface area contributed by atoms with Crippen LogP contribution in [0.4, 0.5) is 0 Å². The molecule has 4 nitrogen and oxygen atoms in total. The average molecular weight is 387 g/mol. The fourth-order valence-electron chi connectivity index (χ4n) is 3.68. The lowest BCUT2D eigenvalue weighted by molar-refractivity contribution is -0.125. The number of nitrogens with two attached hydrogens (primary N) is 1. The zero-order valence-electron chi connectivity index (χ0n) is 15.7. The van der Waals surface area contributed by atoms with Crippen molar-refractivity contribution in [3.8, 4) is 0 Å². The maximum atomic E-state index is 12.8. The number of halogens is 1. The minimum atomic E-state index is -0.327. The summed E-state index contributed by atoms with van der Waals surface area (Å²) in [6.45, 7) is 3.84. The molecule has 1 heterocycles. The summed E-state index contributed by atoms with van der Waals surface area (Å²) in [5, 5.41) is 3.86. The molecule has 27 heavy (non-hydrogen) atoms. The first-order chi connectivity index (χ1) is 13.0. The minimum absolute atomic E-state index is 0.0221. The summed E-state index contributed by atoms with van der Waals surface area (Å²) < 4.78 is 5.56. The predicted octanol–water partition coefficient (Wildman–Crippen LogP) is 3.84. The maximum absolute atomic E-state index is 12.8. The molecule has 2 aromatic rings. The summed E-state index contributed by atoms with van der Waals surface area (Å²) in [5.74, 6) is -0.333. The van der Waals surface area contributed by atoms with Gasteiger partial charge in [-0.1, -0.05) is 61.0 Å². The Morgan fingerprint density at radius 3 is 2.41 bits per heavy atom. The Balaban J connectivity index is 1.69. The molecule has 0 saturated carbocycles. The van der Waals surface area contributed by atoms with Gasteiger partial charge in [0.15, 0.2) is 0 Å². The van der Waals surface area contributed by atoms with Gasteiger partial charge in [0, 0.05) is 36.2 Å². The number of rotatable bonds is 6. The Morgan fingerprint density at radius 2 is 1.78 bits per heavy atom. The van der Waals surface area contributed by atoms with Gasteiger partial charge in [-0.15, -0.1) is 0 Å². The van der Waals surface area contributed by atoms with Gasteiger partial charge < -0.3 is 15.8 Å². The number of hydrogen-bond donors (Lipinski definition) is 2. The highest BCUT2D eigenvalue weighted by Gasteiger charge is 2.35. The SMILES string of the molecule is CC(C(=O)NCC1(c2ccc(Cl)cc2)CCOCC1)C(N)c1ccccc1. The third-order valence-electron chi connectivity index (χ3n) is 5.64. The van der Waals surface area contributed by atoms with E-state index in [0.29, 0.717) is 24.8 Å². The van der Waals surface area contributed by atoms with Crippen molar-refractivity contribution in [2.75, 3.05) is 19.8 Å². The van der Waals surface area contributed by atoms with Gasteiger partial charge >= 0.3 is 0 Å². The first-order valence-corrected chi connectivity index (χ1v) is 9.82. The first kappa shape index (κ1) is 19.9. The van der Waals surface area contributed by atoms with Gasteiger partial charge in [0.2, 0.25) is 5.91 Å². The van der Waals surface area contributed by atoms with Crippen LogP contribution in [0.15, 0.2) is 54.6 Å². The molecule has 1 saturated heterocycles. The molecule has 0 spiro atoms. The van der Waals surface area contributed by atoms with Crippen LogP contribution in [0.2, 0.25) is 5.02 Å². The molecule has 1 aliphatic heterocycles. The Morgan fingerprint density at radius 1 is 1.15 bits per heavy atom. The highest BCUT2D eigenvalue weighted by Crippen LogP contribution is 2.35. The van der Waals surface area contributed by atoms with Crippen LogP contribution >= 0.6 is 11.6 Å². The zero-order chi connectivity index (χ0) is 19.3. The molecule has 3 rings (SSSR count). The lowest BCUT2D eigenvalue weighted by Crippen LogP contribution is -2.46. The van der Waals surface area contributed by atoms with E-state index in [-0.39, 0.29) is 23.3 Å². The number of carbonyl (C=O) groups is 1. The van der Waals surface area contributed by atoms with E-state index in [1.807, 2.05) is 49.4 Å². The van der Waals surface area contributed by atoms with Crippen LogP contribution in [0.25, 0.3) is 0 Å². The van der Waals surface area contributed by atoms with E-state index in [9.17, 15) is 4.79 Å². The Kier molecular flexibility index (Phi) is 6.53. The van der Waals surface area contributed by atoms with Crippen molar-refractivity contribution in [3.05, 3.63) is 70.7 Å². The molecular weight excluding hydrogens is 360 g/mol. The second-order valence-corrected chi connectivity index (χ2v) is 7.78. The van der Waals surface area contributed by atoms with E-state index >= 15 is 0 Å². The molecule has 1 amide bonds. The lowest BCUT2D eigenvalue weighted by Gasteiger charge is -2.38. The number of amides is 1. The quantitative estimate of drug-likeness (QED) is 0.792. The standard InChI is InChI=1S/C22H27ClN2O2/c1-16(20(24)17-5-3-2-4-6-17)21(26)25-15-22(11-13-27-14-12-22)18-7-9-19(23)10-8-18/h2-10,16,20H,11-15,24H2,1H3,(H,25,26). The minimum Gasteiger partial charge on any atom is -0.381 e. The van der Waals surface area contributed by atoms with Crippen molar-refractivity contribution < 1.29 is 9.53 Å². The van der Waals surface area contributed by atoms with E-state index in [0.717, 1.165) is 18.4 Å². The summed E-state index contributed by atoms with van der Waals surface area (Å²) in [4.78, 5) is 12.8. The van der Waals surface area contributed by atoms with Crippen LogP contribution in [0, 0.1) is 5.92 Å². The van der Waals surface area contributed by atoms with Gasteiger partial charge in [-0.3, -0.25) is 4.79 Å². The van der Waals surface area contributed by atoms with Gasteiger partial charge in [-0.2, -0.15) is 0 Å². The molecule has 3 N–H and O–H groups in total. The highest BCUT2D eigenvalue weighted by molar-refractivity contribution is 6.30.